The topological polar surface area (TPSA) is 64.4 Å². The van der Waals surface area contributed by atoms with Gasteiger partial charge in [0.25, 0.3) is 5.91 Å². The number of rotatable bonds is 8. The summed E-state index contributed by atoms with van der Waals surface area (Å²) in [5.74, 6) is -0.242. The Labute approximate surface area is 166 Å². The van der Waals surface area contributed by atoms with Gasteiger partial charge in [-0.15, -0.1) is 0 Å². The average Bonchev–Trinajstić information content (AvgIpc) is 2.97. The van der Waals surface area contributed by atoms with Crippen LogP contribution in [0.5, 0.6) is 0 Å². The Morgan fingerprint density at radius 1 is 1.21 bits per heavy atom. The van der Waals surface area contributed by atoms with Gasteiger partial charge in [0, 0.05) is 30.8 Å². The van der Waals surface area contributed by atoms with E-state index in [-0.39, 0.29) is 11.9 Å². The lowest BCUT2D eigenvalue weighted by Gasteiger charge is -2.21. The van der Waals surface area contributed by atoms with Gasteiger partial charge in [0.05, 0.1) is 18.5 Å². The van der Waals surface area contributed by atoms with Gasteiger partial charge in [-0.05, 0) is 63.9 Å². The van der Waals surface area contributed by atoms with E-state index in [1.165, 1.54) is 7.11 Å². The minimum atomic E-state index is -0.232. The van der Waals surface area contributed by atoms with Crippen molar-refractivity contribution in [1.29, 1.82) is 0 Å². The van der Waals surface area contributed by atoms with Crippen LogP contribution in [0, 0.1) is 13.8 Å². The fraction of sp³-hybridized carbons (Fsp3) is 0.409. The smallest absolute Gasteiger partial charge is 0.305 e. The van der Waals surface area contributed by atoms with Crippen LogP contribution in [0.15, 0.2) is 36.4 Å². The lowest BCUT2D eigenvalue weighted by molar-refractivity contribution is -0.140. The highest BCUT2D eigenvalue weighted by atomic mass is 16.5. The van der Waals surface area contributed by atoms with Crippen LogP contribution in [0.3, 0.4) is 0 Å². The highest BCUT2D eigenvalue weighted by Crippen LogP contribution is 2.20. The third-order valence-corrected chi connectivity index (χ3v) is 4.74. The molecule has 1 amide bonds. The number of carbonyl (C=O) groups excluding carboxylic acids is 2. The molecule has 0 saturated heterocycles. The molecule has 0 aliphatic rings. The van der Waals surface area contributed by atoms with Crippen LogP contribution in [0.25, 0.3) is 5.69 Å². The molecule has 0 spiro atoms. The molecule has 6 heteroatoms. The van der Waals surface area contributed by atoms with Crippen molar-refractivity contribution < 1.29 is 14.3 Å². The summed E-state index contributed by atoms with van der Waals surface area (Å²) >= 11 is 0. The van der Waals surface area contributed by atoms with Crippen molar-refractivity contribution in [3.05, 3.63) is 58.9 Å². The summed E-state index contributed by atoms with van der Waals surface area (Å²) in [6.07, 6.45) is 0.917. The molecule has 0 bridgehead atoms. The monoisotopic (exact) mass is 383 g/mol. The molecule has 2 rings (SSSR count). The average molecular weight is 383 g/mol. The number of likely N-dealkylation sites (N-methyl/N-ethyl adjacent to an activating group) is 1. The number of esters is 1. The van der Waals surface area contributed by atoms with Crippen LogP contribution < -0.4 is 0 Å². The molecular weight excluding hydrogens is 354 g/mol. The quantitative estimate of drug-likeness (QED) is 0.516. The molecule has 0 saturated carbocycles. The maximum absolute atomic E-state index is 12.7. The standard InChI is InChI=1S/C22H29N3O3/c1-7-24(14-15(2)3)22(27)18-8-10-19(11-9-18)25-17(5)20(16(4)23-25)12-13-21(26)28-6/h8-11H,2,7,12-14H2,1,3-6H3. The van der Waals surface area contributed by atoms with E-state index in [4.69, 9.17) is 4.74 Å². The summed E-state index contributed by atoms with van der Waals surface area (Å²) < 4.78 is 6.57. The second-order valence-corrected chi connectivity index (χ2v) is 6.96. The molecule has 28 heavy (non-hydrogen) atoms. The van der Waals surface area contributed by atoms with E-state index in [1.54, 1.807) is 4.90 Å². The Morgan fingerprint density at radius 3 is 2.39 bits per heavy atom. The van der Waals surface area contributed by atoms with Crippen molar-refractivity contribution in [1.82, 2.24) is 14.7 Å². The summed E-state index contributed by atoms with van der Waals surface area (Å²) in [4.78, 5) is 25.9. The van der Waals surface area contributed by atoms with E-state index in [1.807, 2.05) is 56.6 Å². The van der Waals surface area contributed by atoms with Crippen LogP contribution in [-0.4, -0.2) is 46.8 Å². The Balaban J connectivity index is 2.22. The van der Waals surface area contributed by atoms with Crippen molar-refractivity contribution in [2.24, 2.45) is 0 Å². The lowest BCUT2D eigenvalue weighted by atomic mass is 10.1. The molecule has 0 aliphatic heterocycles. The van der Waals surface area contributed by atoms with Crippen LogP contribution in [0.1, 0.15) is 47.6 Å². The fourth-order valence-corrected chi connectivity index (χ4v) is 3.20. The summed E-state index contributed by atoms with van der Waals surface area (Å²) in [5.41, 5.74) is 5.39. The Kier molecular flexibility index (Phi) is 7.15. The minimum absolute atomic E-state index is 0.0100. The van der Waals surface area contributed by atoms with Gasteiger partial charge >= 0.3 is 5.97 Å². The second kappa shape index (κ2) is 9.35. The Hall–Kier alpha value is -2.89. The molecule has 1 heterocycles. The molecule has 0 radical (unpaired) electrons. The van der Waals surface area contributed by atoms with Crippen molar-refractivity contribution in [3.8, 4) is 5.69 Å². The van der Waals surface area contributed by atoms with Gasteiger partial charge in [0.1, 0.15) is 0 Å². The van der Waals surface area contributed by atoms with E-state index in [0.717, 1.165) is 28.2 Å². The first-order valence-electron chi connectivity index (χ1n) is 9.44. The number of nitrogens with zero attached hydrogens (tertiary/aromatic N) is 3. The number of carbonyl (C=O) groups is 2. The number of aromatic nitrogens is 2. The zero-order chi connectivity index (χ0) is 20.8. The molecule has 1 aromatic carbocycles. The number of hydrogen-bond donors (Lipinski definition) is 0. The van der Waals surface area contributed by atoms with E-state index in [0.29, 0.717) is 31.5 Å². The van der Waals surface area contributed by atoms with Crippen molar-refractivity contribution >= 4 is 11.9 Å². The van der Waals surface area contributed by atoms with Crippen LogP contribution in [0.2, 0.25) is 0 Å². The summed E-state index contributed by atoms with van der Waals surface area (Å²) in [5, 5.41) is 4.61. The molecule has 0 N–H and O–H groups in total. The van der Waals surface area contributed by atoms with E-state index >= 15 is 0 Å². The molecule has 150 valence electrons. The van der Waals surface area contributed by atoms with Crippen molar-refractivity contribution in [2.45, 2.75) is 40.5 Å². The predicted octanol–water partition coefficient (Wildman–Crippen LogP) is 3.63. The molecule has 0 aliphatic carbocycles. The first-order chi connectivity index (χ1) is 13.3. The largest absolute Gasteiger partial charge is 0.469 e. The van der Waals surface area contributed by atoms with Gasteiger partial charge in [0.15, 0.2) is 0 Å². The summed E-state index contributed by atoms with van der Waals surface area (Å²) in [6.45, 7) is 12.9. The van der Waals surface area contributed by atoms with Gasteiger partial charge in [-0.3, -0.25) is 9.59 Å². The zero-order valence-corrected chi connectivity index (χ0v) is 17.4. The van der Waals surface area contributed by atoms with E-state index < -0.39 is 0 Å². The van der Waals surface area contributed by atoms with Crippen molar-refractivity contribution in [2.75, 3.05) is 20.2 Å². The SMILES string of the molecule is C=C(C)CN(CC)C(=O)c1ccc(-n2nc(C)c(CCC(=O)OC)c2C)cc1. The fourth-order valence-electron chi connectivity index (χ4n) is 3.20. The third kappa shape index (κ3) is 4.88. The lowest BCUT2D eigenvalue weighted by Crippen LogP contribution is -2.32. The molecule has 6 nitrogen and oxygen atoms in total. The first kappa shape index (κ1) is 21.4. The maximum Gasteiger partial charge on any atom is 0.305 e. The number of benzene rings is 1. The summed E-state index contributed by atoms with van der Waals surface area (Å²) in [6, 6.07) is 7.43. The van der Waals surface area contributed by atoms with Gasteiger partial charge in [0.2, 0.25) is 0 Å². The summed E-state index contributed by atoms with van der Waals surface area (Å²) in [7, 11) is 1.39. The predicted molar refractivity (Wildman–Crippen MR) is 110 cm³/mol. The number of aryl methyl sites for hydroxylation is 1. The maximum atomic E-state index is 12.7. The molecule has 0 unspecified atom stereocenters. The Morgan fingerprint density at radius 2 is 1.86 bits per heavy atom. The molecule has 0 atom stereocenters. The van der Waals surface area contributed by atoms with E-state index in [9.17, 15) is 9.59 Å². The normalized spacial score (nSPS) is 10.6. The minimum Gasteiger partial charge on any atom is -0.469 e. The van der Waals surface area contributed by atoms with Crippen molar-refractivity contribution in [3.63, 3.8) is 0 Å². The number of ether oxygens (including phenoxy) is 1. The number of hydrogen-bond acceptors (Lipinski definition) is 4. The highest BCUT2D eigenvalue weighted by molar-refractivity contribution is 5.94. The number of methoxy groups -OCH3 is 1. The molecule has 0 fully saturated rings. The van der Waals surface area contributed by atoms with Crippen LogP contribution in [-0.2, 0) is 16.0 Å². The van der Waals surface area contributed by atoms with Gasteiger partial charge < -0.3 is 9.64 Å². The van der Waals surface area contributed by atoms with Crippen LogP contribution in [0.4, 0.5) is 0 Å². The van der Waals surface area contributed by atoms with Gasteiger partial charge in [-0.25, -0.2) is 4.68 Å². The van der Waals surface area contributed by atoms with Gasteiger partial charge in [-0.1, -0.05) is 12.2 Å². The zero-order valence-electron chi connectivity index (χ0n) is 17.4. The molecule has 2 aromatic rings. The molecule has 1 aromatic heterocycles. The first-order valence-corrected chi connectivity index (χ1v) is 9.44. The third-order valence-electron chi connectivity index (χ3n) is 4.74. The van der Waals surface area contributed by atoms with E-state index in [2.05, 4.69) is 11.7 Å². The van der Waals surface area contributed by atoms with Crippen LogP contribution >= 0.6 is 0 Å². The highest BCUT2D eigenvalue weighted by Gasteiger charge is 2.17. The van der Waals surface area contributed by atoms with Gasteiger partial charge in [-0.2, -0.15) is 5.10 Å². The Bertz CT molecular complexity index is 866. The second-order valence-electron chi connectivity index (χ2n) is 6.96. The molecular formula is C22H29N3O3. The number of amides is 1.